The second kappa shape index (κ2) is 13.5. The van der Waals surface area contributed by atoms with Gasteiger partial charge in [-0.2, -0.15) is 0 Å². The molecular weight excluding hydrogens is 621 g/mol. The number of benzene rings is 7. The number of anilines is 1. The van der Waals surface area contributed by atoms with Gasteiger partial charge in [0.15, 0.2) is 0 Å². The second-order valence-electron chi connectivity index (χ2n) is 12.6. The lowest BCUT2D eigenvalue weighted by molar-refractivity contribution is 1.41. The molecule has 0 bridgehead atoms. The minimum atomic E-state index is 0.259. The van der Waals surface area contributed by atoms with E-state index in [2.05, 4.69) is 121 Å². The third kappa shape index (κ3) is 6.23. The van der Waals surface area contributed by atoms with Gasteiger partial charge in [-0.05, 0) is 96.9 Å². The number of nitrogen functional groups attached to an aromatic ring is 1. The smallest absolute Gasteiger partial charge is 0.0795 e. The van der Waals surface area contributed by atoms with Gasteiger partial charge in [-0.25, -0.2) is 0 Å². The Hall–Kier alpha value is -6.91. The zero-order chi connectivity index (χ0) is 34.7. The molecule has 1 aromatic heterocycles. The number of hydrogen-bond donors (Lipinski definition) is 3. The monoisotopic (exact) mass is 654 g/mol. The lowest BCUT2D eigenvalue weighted by Crippen LogP contribution is -2.09. The molecule has 4 N–H and O–H groups in total. The first-order chi connectivity index (χ1) is 25.0. The van der Waals surface area contributed by atoms with E-state index in [0.717, 1.165) is 33.3 Å². The van der Waals surface area contributed by atoms with E-state index in [4.69, 9.17) is 21.5 Å². The number of hydrogen-bond acceptors (Lipinski definition) is 4. The predicted molar refractivity (Wildman–Crippen MR) is 216 cm³/mol. The maximum absolute atomic E-state index is 7.70. The van der Waals surface area contributed by atoms with Gasteiger partial charge < -0.3 is 5.73 Å². The fourth-order valence-electron chi connectivity index (χ4n) is 6.82. The molecule has 4 nitrogen and oxygen atoms in total. The van der Waals surface area contributed by atoms with Crippen molar-refractivity contribution >= 4 is 55.1 Å². The van der Waals surface area contributed by atoms with Gasteiger partial charge in [0.05, 0.1) is 16.9 Å². The number of nitrogens with one attached hydrogen (secondary N) is 2. The molecular formula is C47H34N4. The highest BCUT2D eigenvalue weighted by Crippen LogP contribution is 2.43. The normalized spacial score (nSPS) is 12.5. The molecule has 9 rings (SSSR count). The van der Waals surface area contributed by atoms with E-state index in [1.54, 1.807) is 12.2 Å². The molecule has 1 aliphatic carbocycles. The fourth-order valence-corrected chi connectivity index (χ4v) is 6.82. The van der Waals surface area contributed by atoms with Crippen molar-refractivity contribution in [3.63, 3.8) is 0 Å². The van der Waals surface area contributed by atoms with Crippen LogP contribution in [-0.2, 0) is 0 Å². The number of aromatic nitrogens is 1. The van der Waals surface area contributed by atoms with Crippen LogP contribution in [0.1, 0.15) is 5.56 Å². The Bertz CT molecular complexity index is 2590. The molecule has 0 aliphatic heterocycles. The number of nitrogens with zero attached hydrogens (tertiary/aromatic N) is 1. The lowest BCUT2D eigenvalue weighted by Gasteiger charge is -2.17. The second-order valence-corrected chi connectivity index (χ2v) is 12.6. The van der Waals surface area contributed by atoms with Crippen LogP contribution in [0, 0.1) is 10.8 Å². The van der Waals surface area contributed by atoms with Gasteiger partial charge in [-0.15, -0.1) is 0 Å². The topological polar surface area (TPSA) is 86.6 Å². The molecule has 0 saturated heterocycles. The number of pyridine rings is 1. The average Bonchev–Trinajstić information content (AvgIpc) is 3.19. The van der Waals surface area contributed by atoms with E-state index in [9.17, 15) is 0 Å². The summed E-state index contributed by atoms with van der Waals surface area (Å²) in [6, 6.07) is 54.5. The van der Waals surface area contributed by atoms with Gasteiger partial charge in [0.25, 0.3) is 0 Å². The van der Waals surface area contributed by atoms with E-state index < -0.39 is 0 Å². The maximum Gasteiger partial charge on any atom is 0.0795 e. The van der Waals surface area contributed by atoms with Crippen molar-refractivity contribution in [3.8, 4) is 33.4 Å². The summed E-state index contributed by atoms with van der Waals surface area (Å²) in [7, 11) is 0. The highest BCUT2D eigenvalue weighted by Gasteiger charge is 2.17. The summed E-state index contributed by atoms with van der Waals surface area (Å²) in [5, 5.41) is 21.3. The minimum Gasteiger partial charge on any atom is -0.399 e. The van der Waals surface area contributed by atoms with Crippen molar-refractivity contribution in [2.75, 3.05) is 5.73 Å². The van der Waals surface area contributed by atoms with E-state index in [1.807, 2.05) is 48.7 Å². The van der Waals surface area contributed by atoms with Crippen molar-refractivity contribution in [2.24, 2.45) is 0 Å². The molecule has 4 heteroatoms. The summed E-state index contributed by atoms with van der Waals surface area (Å²) >= 11 is 0. The van der Waals surface area contributed by atoms with Crippen LogP contribution in [0.2, 0.25) is 0 Å². The molecule has 0 amide bonds. The van der Waals surface area contributed by atoms with Crippen molar-refractivity contribution in [3.05, 3.63) is 188 Å². The summed E-state index contributed by atoms with van der Waals surface area (Å²) in [5.41, 5.74) is 17.5. The first kappa shape index (κ1) is 31.4. The van der Waals surface area contributed by atoms with Crippen molar-refractivity contribution < 1.29 is 0 Å². The summed E-state index contributed by atoms with van der Waals surface area (Å²) < 4.78 is 0. The van der Waals surface area contributed by atoms with E-state index >= 15 is 0 Å². The van der Waals surface area contributed by atoms with E-state index in [-0.39, 0.29) is 11.4 Å². The zero-order valence-electron chi connectivity index (χ0n) is 27.8. The third-order valence-corrected chi connectivity index (χ3v) is 9.35. The Kier molecular flexibility index (Phi) is 8.33. The molecule has 8 aromatic rings. The van der Waals surface area contributed by atoms with Crippen LogP contribution in [-0.4, -0.2) is 16.4 Å². The van der Waals surface area contributed by atoms with Crippen molar-refractivity contribution in [2.45, 2.75) is 0 Å². The number of nitrogens with two attached hydrogens (primary N) is 1. The molecule has 0 fully saturated rings. The molecule has 7 aromatic carbocycles. The van der Waals surface area contributed by atoms with Crippen LogP contribution in [0.5, 0.6) is 0 Å². The number of allylic oxidation sites excluding steroid dienone is 4. The average molecular weight is 655 g/mol. The Morgan fingerprint density at radius 3 is 1.57 bits per heavy atom. The Labute approximate surface area is 296 Å². The molecule has 0 spiro atoms. The van der Waals surface area contributed by atoms with Gasteiger partial charge in [0.2, 0.25) is 0 Å². The summed E-state index contributed by atoms with van der Waals surface area (Å²) in [6.45, 7) is 0. The first-order valence-corrected chi connectivity index (χ1v) is 16.9. The molecule has 51 heavy (non-hydrogen) atoms. The van der Waals surface area contributed by atoms with E-state index in [0.29, 0.717) is 0 Å². The summed E-state index contributed by atoms with van der Waals surface area (Å²) in [4.78, 5) is 4.75. The van der Waals surface area contributed by atoms with Gasteiger partial charge in [0, 0.05) is 22.8 Å². The van der Waals surface area contributed by atoms with Gasteiger partial charge in [-0.3, -0.25) is 15.8 Å². The number of rotatable bonds is 4. The Balaban J connectivity index is 0.000000162. The van der Waals surface area contributed by atoms with Crippen LogP contribution < -0.4 is 5.73 Å². The molecule has 242 valence electrons. The lowest BCUT2D eigenvalue weighted by atomic mass is 9.86. The first-order valence-electron chi connectivity index (χ1n) is 16.9. The molecule has 0 unspecified atom stereocenters. The van der Waals surface area contributed by atoms with Crippen LogP contribution in [0.15, 0.2) is 182 Å². The zero-order valence-corrected chi connectivity index (χ0v) is 27.8. The number of para-hydroxylation sites is 1. The molecule has 0 saturated carbocycles. The largest absolute Gasteiger partial charge is 0.399 e. The van der Waals surface area contributed by atoms with Crippen LogP contribution >= 0.6 is 0 Å². The fraction of sp³-hybridized carbons (Fsp3) is 0. The highest BCUT2D eigenvalue weighted by atomic mass is 14.6. The van der Waals surface area contributed by atoms with Gasteiger partial charge >= 0.3 is 0 Å². The Morgan fingerprint density at radius 1 is 0.431 bits per heavy atom. The molecule has 0 atom stereocenters. The van der Waals surface area contributed by atoms with Gasteiger partial charge in [-0.1, -0.05) is 140 Å². The van der Waals surface area contributed by atoms with Gasteiger partial charge in [0.1, 0.15) is 0 Å². The Morgan fingerprint density at radius 2 is 0.941 bits per heavy atom. The quantitative estimate of drug-likeness (QED) is 0.100. The molecule has 1 heterocycles. The molecule has 1 aliphatic rings. The van der Waals surface area contributed by atoms with Crippen molar-refractivity contribution in [1.29, 1.82) is 10.8 Å². The predicted octanol–water partition coefficient (Wildman–Crippen LogP) is 11.8. The van der Waals surface area contributed by atoms with E-state index in [1.165, 1.54) is 49.4 Å². The van der Waals surface area contributed by atoms with Crippen LogP contribution in [0.25, 0.3) is 71.4 Å². The summed E-state index contributed by atoms with van der Waals surface area (Å²) in [5.74, 6) is 0. The van der Waals surface area contributed by atoms with Crippen molar-refractivity contribution in [1.82, 2.24) is 4.98 Å². The SMILES string of the molecule is N=C1C=CC(c2ccc(-c3ccccc3)cc2)=CC1=N.Nc1ccc(-c2c3ccccc3c(-c3cnc4ccccc4c3)c3ccccc23)cc1. The maximum atomic E-state index is 7.70. The minimum absolute atomic E-state index is 0.259. The standard InChI is InChI=1S/C29H20N2.C18H14N2/c30-22-15-13-19(14-16-22)28-23-8-2-4-10-25(23)29(26-11-5-3-9-24(26)28)21-17-20-7-1-6-12-27(20)31-18-21;19-17-11-10-16(12-18(17)20)15-8-6-14(7-9-15)13-4-2-1-3-5-13/h1-18H,30H2;1-12,19-20H. The highest BCUT2D eigenvalue weighted by molar-refractivity contribution is 6.50. The van der Waals surface area contributed by atoms with Crippen LogP contribution in [0.4, 0.5) is 5.69 Å². The molecule has 0 radical (unpaired) electrons. The number of fused-ring (bicyclic) bond motifs is 3. The van der Waals surface area contributed by atoms with Crippen LogP contribution in [0.3, 0.4) is 0 Å². The third-order valence-electron chi connectivity index (χ3n) is 9.35. The summed E-state index contributed by atoms with van der Waals surface area (Å²) in [6.07, 6.45) is 7.29.